The standard InChI is InChI=1S/C23H26N2O3S2/c1-4-7-10-17-13-14-19-20(16-17)29-23(25(19)15-5-2)24-22(26)18-11-8-9-12-21(18)30(27,28)6-3/h5,8-9,11-14,16H,2,4,6-7,10,15H2,1,3H3. The first-order valence-corrected chi connectivity index (χ1v) is 12.5. The zero-order chi connectivity index (χ0) is 21.7. The first-order chi connectivity index (χ1) is 14.4. The van der Waals surface area contributed by atoms with Gasteiger partial charge in [-0.25, -0.2) is 8.42 Å². The molecule has 1 heterocycles. The predicted octanol–water partition coefficient (Wildman–Crippen LogP) is 4.77. The Bertz CT molecular complexity index is 1250. The van der Waals surface area contributed by atoms with E-state index in [2.05, 4.69) is 36.7 Å². The fourth-order valence-corrected chi connectivity index (χ4v) is 5.45. The minimum absolute atomic E-state index is 0.0273. The number of allylic oxidation sites excluding steroid dienone is 1. The van der Waals surface area contributed by atoms with Crippen LogP contribution in [0.3, 0.4) is 0 Å². The molecule has 0 spiro atoms. The van der Waals surface area contributed by atoms with Crippen molar-refractivity contribution in [2.24, 2.45) is 4.99 Å². The zero-order valence-corrected chi connectivity index (χ0v) is 18.9. The van der Waals surface area contributed by atoms with E-state index in [0.29, 0.717) is 11.3 Å². The Hall–Kier alpha value is -2.51. The smallest absolute Gasteiger partial charge is 0.280 e. The Morgan fingerprint density at radius 1 is 1.20 bits per heavy atom. The number of fused-ring (bicyclic) bond motifs is 1. The van der Waals surface area contributed by atoms with Gasteiger partial charge >= 0.3 is 0 Å². The molecule has 0 N–H and O–H groups in total. The van der Waals surface area contributed by atoms with Gasteiger partial charge in [-0.05, 0) is 42.7 Å². The summed E-state index contributed by atoms with van der Waals surface area (Å²) in [5, 5.41) is 0. The highest BCUT2D eigenvalue weighted by Gasteiger charge is 2.20. The van der Waals surface area contributed by atoms with Gasteiger partial charge in [0.15, 0.2) is 14.6 Å². The number of benzene rings is 2. The molecule has 0 aliphatic rings. The number of unbranched alkanes of at least 4 members (excludes halogenated alkanes) is 1. The van der Waals surface area contributed by atoms with Crippen molar-refractivity contribution in [1.82, 2.24) is 4.57 Å². The fourth-order valence-electron chi connectivity index (χ4n) is 3.26. The highest BCUT2D eigenvalue weighted by Crippen LogP contribution is 2.22. The van der Waals surface area contributed by atoms with Crippen LogP contribution >= 0.6 is 11.3 Å². The molecule has 0 aliphatic heterocycles. The van der Waals surface area contributed by atoms with E-state index < -0.39 is 15.7 Å². The molecule has 0 radical (unpaired) electrons. The van der Waals surface area contributed by atoms with Crippen molar-refractivity contribution in [3.63, 3.8) is 0 Å². The largest absolute Gasteiger partial charge is 0.312 e. The molecule has 3 aromatic rings. The lowest BCUT2D eigenvalue weighted by molar-refractivity contribution is 0.0994. The number of aromatic nitrogens is 1. The Morgan fingerprint density at radius 3 is 2.67 bits per heavy atom. The van der Waals surface area contributed by atoms with Gasteiger partial charge in [0.1, 0.15) is 0 Å². The van der Waals surface area contributed by atoms with E-state index in [4.69, 9.17) is 0 Å². The SMILES string of the molecule is C=CCn1c(=NC(=O)c2ccccc2S(=O)(=O)CC)sc2cc(CCCC)ccc21. The van der Waals surface area contributed by atoms with Crippen LogP contribution in [0.1, 0.15) is 42.6 Å². The van der Waals surface area contributed by atoms with Gasteiger partial charge in [-0.15, -0.1) is 6.58 Å². The third-order valence-corrected chi connectivity index (χ3v) is 7.73. The van der Waals surface area contributed by atoms with Crippen molar-refractivity contribution in [3.05, 3.63) is 71.0 Å². The molecule has 0 fully saturated rings. The van der Waals surface area contributed by atoms with Crippen LogP contribution in [-0.4, -0.2) is 24.6 Å². The summed E-state index contributed by atoms with van der Waals surface area (Å²) in [6, 6.07) is 12.6. The van der Waals surface area contributed by atoms with Gasteiger partial charge in [0.25, 0.3) is 5.91 Å². The Morgan fingerprint density at radius 2 is 1.97 bits per heavy atom. The molecule has 1 aromatic heterocycles. The number of hydrogen-bond donors (Lipinski definition) is 0. The maximum atomic E-state index is 13.0. The summed E-state index contributed by atoms with van der Waals surface area (Å²) in [4.78, 5) is 17.9. The molecule has 0 atom stereocenters. The molecule has 30 heavy (non-hydrogen) atoms. The van der Waals surface area contributed by atoms with E-state index >= 15 is 0 Å². The number of rotatable bonds is 8. The maximum Gasteiger partial charge on any atom is 0.280 e. The summed E-state index contributed by atoms with van der Waals surface area (Å²) >= 11 is 1.43. The van der Waals surface area contributed by atoms with Crippen molar-refractivity contribution in [1.29, 1.82) is 0 Å². The molecule has 0 saturated heterocycles. The van der Waals surface area contributed by atoms with Crippen LogP contribution in [0, 0.1) is 0 Å². The van der Waals surface area contributed by atoms with Gasteiger partial charge < -0.3 is 4.57 Å². The molecule has 158 valence electrons. The summed E-state index contributed by atoms with van der Waals surface area (Å²) in [6.45, 7) is 8.05. The van der Waals surface area contributed by atoms with Gasteiger partial charge in [0, 0.05) is 6.54 Å². The second-order valence-electron chi connectivity index (χ2n) is 7.01. The topological polar surface area (TPSA) is 68.5 Å². The molecule has 1 amide bonds. The van der Waals surface area contributed by atoms with Gasteiger partial charge in [-0.1, -0.05) is 55.9 Å². The third-order valence-electron chi connectivity index (χ3n) is 4.91. The summed E-state index contributed by atoms with van der Waals surface area (Å²) in [5.74, 6) is -0.629. The van der Waals surface area contributed by atoms with E-state index in [-0.39, 0.29) is 16.2 Å². The number of amides is 1. The molecule has 0 aliphatic carbocycles. The van der Waals surface area contributed by atoms with Gasteiger partial charge in [-0.3, -0.25) is 4.79 Å². The van der Waals surface area contributed by atoms with Crippen LogP contribution in [0.4, 0.5) is 0 Å². The number of hydrogen-bond acceptors (Lipinski definition) is 4. The van der Waals surface area contributed by atoms with E-state index in [1.807, 2.05) is 4.57 Å². The quantitative estimate of drug-likeness (QED) is 0.472. The van der Waals surface area contributed by atoms with Crippen molar-refractivity contribution in [2.45, 2.75) is 44.6 Å². The van der Waals surface area contributed by atoms with Crippen molar-refractivity contribution in [2.75, 3.05) is 5.75 Å². The zero-order valence-electron chi connectivity index (χ0n) is 17.3. The first-order valence-electron chi connectivity index (χ1n) is 10.0. The molecule has 0 unspecified atom stereocenters. The molecule has 3 rings (SSSR count). The number of sulfone groups is 1. The lowest BCUT2D eigenvalue weighted by Crippen LogP contribution is -2.17. The molecule has 5 nitrogen and oxygen atoms in total. The van der Waals surface area contributed by atoms with Gasteiger partial charge in [0.2, 0.25) is 0 Å². The molecular weight excluding hydrogens is 416 g/mol. The van der Waals surface area contributed by atoms with Crippen LogP contribution < -0.4 is 4.80 Å². The highest BCUT2D eigenvalue weighted by molar-refractivity contribution is 7.91. The fraction of sp³-hybridized carbons (Fsp3) is 0.304. The second kappa shape index (κ2) is 9.53. The van der Waals surface area contributed by atoms with Crippen LogP contribution in [0.15, 0.2) is 65.0 Å². The summed E-state index contributed by atoms with van der Waals surface area (Å²) in [6.07, 6.45) is 5.03. The predicted molar refractivity (Wildman–Crippen MR) is 123 cm³/mol. The summed E-state index contributed by atoms with van der Waals surface area (Å²) in [7, 11) is -3.53. The van der Waals surface area contributed by atoms with Crippen LogP contribution in [0.25, 0.3) is 10.2 Å². The lowest BCUT2D eigenvalue weighted by atomic mass is 10.1. The lowest BCUT2D eigenvalue weighted by Gasteiger charge is -2.06. The molecule has 2 aromatic carbocycles. The number of thiazole rings is 1. The molecular formula is C23H26N2O3S2. The highest BCUT2D eigenvalue weighted by atomic mass is 32.2. The van der Waals surface area contributed by atoms with E-state index in [9.17, 15) is 13.2 Å². The third kappa shape index (κ3) is 4.63. The molecule has 0 bridgehead atoms. The Kier molecular flexibility index (Phi) is 7.05. The minimum atomic E-state index is -3.53. The first kappa shape index (κ1) is 22.2. The van der Waals surface area contributed by atoms with Crippen molar-refractivity contribution >= 4 is 37.3 Å². The average Bonchev–Trinajstić information content (AvgIpc) is 3.08. The minimum Gasteiger partial charge on any atom is -0.312 e. The number of aryl methyl sites for hydroxylation is 1. The second-order valence-corrected chi connectivity index (χ2v) is 10.3. The summed E-state index contributed by atoms with van der Waals surface area (Å²) < 4.78 is 27.8. The maximum absolute atomic E-state index is 13.0. The van der Waals surface area contributed by atoms with E-state index in [1.54, 1.807) is 25.1 Å². The number of nitrogens with zero attached hydrogens (tertiary/aromatic N) is 2. The summed E-state index contributed by atoms with van der Waals surface area (Å²) in [5.41, 5.74) is 2.35. The van der Waals surface area contributed by atoms with Crippen LogP contribution in [-0.2, 0) is 22.8 Å². The van der Waals surface area contributed by atoms with Crippen molar-refractivity contribution in [3.8, 4) is 0 Å². The van der Waals surface area contributed by atoms with Crippen LogP contribution in [0.2, 0.25) is 0 Å². The van der Waals surface area contributed by atoms with E-state index in [0.717, 1.165) is 29.5 Å². The molecule has 7 heteroatoms. The van der Waals surface area contributed by atoms with E-state index in [1.165, 1.54) is 29.0 Å². The monoisotopic (exact) mass is 442 g/mol. The van der Waals surface area contributed by atoms with Gasteiger partial charge in [0.05, 0.1) is 26.4 Å². The Balaban J connectivity index is 2.13. The normalized spacial score (nSPS) is 12.4. The molecule has 0 saturated carbocycles. The number of carbonyl (C=O) groups is 1. The van der Waals surface area contributed by atoms with Crippen LogP contribution in [0.5, 0.6) is 0 Å². The Labute approximate surface area is 181 Å². The van der Waals surface area contributed by atoms with Crippen molar-refractivity contribution < 1.29 is 13.2 Å². The average molecular weight is 443 g/mol. The van der Waals surface area contributed by atoms with Gasteiger partial charge in [-0.2, -0.15) is 4.99 Å². The number of carbonyl (C=O) groups excluding carboxylic acids is 1.